The van der Waals surface area contributed by atoms with Crippen molar-refractivity contribution in [2.45, 2.75) is 13.0 Å². The summed E-state index contributed by atoms with van der Waals surface area (Å²) in [6.45, 7) is 3.20. The van der Waals surface area contributed by atoms with Crippen molar-refractivity contribution in [3.05, 3.63) is 0 Å². The maximum absolute atomic E-state index is 11.5. The van der Waals surface area contributed by atoms with Crippen LogP contribution in [0.15, 0.2) is 0 Å². The lowest BCUT2D eigenvalue weighted by molar-refractivity contribution is -0.133. The Morgan fingerprint density at radius 1 is 1.27 bits per heavy atom. The van der Waals surface area contributed by atoms with Gasteiger partial charge in [-0.25, -0.2) is 8.42 Å². The predicted octanol–water partition coefficient (Wildman–Crippen LogP) is -1.56. The SMILES string of the molecule is C[C@H](N)C(=O)N1CCN(S(C)(=O)=O)CC1. The van der Waals surface area contributed by atoms with E-state index in [0.29, 0.717) is 26.2 Å². The lowest BCUT2D eigenvalue weighted by atomic mass is 10.2. The van der Waals surface area contributed by atoms with E-state index in [9.17, 15) is 13.2 Å². The Kier molecular flexibility index (Phi) is 3.69. The first-order valence-electron chi connectivity index (χ1n) is 4.82. The molecule has 0 aromatic rings. The number of nitrogens with two attached hydrogens (primary N) is 1. The van der Waals surface area contributed by atoms with E-state index in [1.807, 2.05) is 0 Å². The highest BCUT2D eigenvalue weighted by atomic mass is 32.2. The molecule has 2 N–H and O–H groups in total. The third kappa shape index (κ3) is 3.15. The summed E-state index contributed by atoms with van der Waals surface area (Å²) in [6.07, 6.45) is 1.18. The zero-order valence-corrected chi connectivity index (χ0v) is 9.83. The van der Waals surface area contributed by atoms with Crippen molar-refractivity contribution in [1.29, 1.82) is 0 Å². The summed E-state index contributed by atoms with van der Waals surface area (Å²) in [5.41, 5.74) is 5.46. The van der Waals surface area contributed by atoms with Crippen molar-refractivity contribution in [2.75, 3.05) is 32.4 Å². The van der Waals surface area contributed by atoms with Gasteiger partial charge < -0.3 is 10.6 Å². The van der Waals surface area contributed by atoms with E-state index in [4.69, 9.17) is 5.73 Å². The van der Waals surface area contributed by atoms with Gasteiger partial charge in [0.2, 0.25) is 15.9 Å². The van der Waals surface area contributed by atoms with Gasteiger partial charge >= 0.3 is 0 Å². The van der Waals surface area contributed by atoms with E-state index < -0.39 is 16.1 Å². The van der Waals surface area contributed by atoms with E-state index >= 15 is 0 Å². The van der Waals surface area contributed by atoms with Crippen LogP contribution in [0.4, 0.5) is 0 Å². The molecule has 1 heterocycles. The van der Waals surface area contributed by atoms with Crippen molar-refractivity contribution in [1.82, 2.24) is 9.21 Å². The number of rotatable bonds is 2. The van der Waals surface area contributed by atoms with E-state index in [2.05, 4.69) is 0 Å². The highest BCUT2D eigenvalue weighted by Crippen LogP contribution is 2.06. The molecule has 0 radical (unpaired) electrons. The Bertz CT molecular complexity index is 331. The van der Waals surface area contributed by atoms with Gasteiger partial charge in [-0.2, -0.15) is 4.31 Å². The van der Waals surface area contributed by atoms with Gasteiger partial charge in [0.15, 0.2) is 0 Å². The van der Waals surface area contributed by atoms with Gasteiger partial charge in [-0.15, -0.1) is 0 Å². The van der Waals surface area contributed by atoms with Crippen molar-refractivity contribution < 1.29 is 13.2 Å². The van der Waals surface area contributed by atoms with E-state index in [1.165, 1.54) is 10.6 Å². The van der Waals surface area contributed by atoms with Gasteiger partial charge in [-0.3, -0.25) is 4.79 Å². The molecule has 0 bridgehead atoms. The monoisotopic (exact) mass is 235 g/mol. The first kappa shape index (κ1) is 12.4. The van der Waals surface area contributed by atoms with Crippen molar-refractivity contribution in [3.63, 3.8) is 0 Å². The summed E-state index contributed by atoms with van der Waals surface area (Å²) < 4.78 is 23.8. The molecule has 1 amide bonds. The van der Waals surface area contributed by atoms with Crippen molar-refractivity contribution in [3.8, 4) is 0 Å². The molecule has 6 nitrogen and oxygen atoms in total. The first-order valence-corrected chi connectivity index (χ1v) is 6.66. The molecule has 0 spiro atoms. The second-order valence-corrected chi connectivity index (χ2v) is 5.76. The number of piperazine rings is 1. The normalized spacial score (nSPS) is 21.4. The van der Waals surface area contributed by atoms with E-state index in [0.717, 1.165) is 0 Å². The maximum Gasteiger partial charge on any atom is 0.239 e. The van der Waals surface area contributed by atoms with Gasteiger partial charge in [0.25, 0.3) is 0 Å². The zero-order valence-electron chi connectivity index (χ0n) is 9.01. The summed E-state index contributed by atoms with van der Waals surface area (Å²) in [6, 6.07) is -0.519. The molecule has 7 heteroatoms. The molecule has 0 aromatic carbocycles. The third-order valence-electron chi connectivity index (χ3n) is 2.41. The maximum atomic E-state index is 11.5. The standard InChI is InChI=1S/C8H17N3O3S/c1-7(9)8(12)10-3-5-11(6-4-10)15(2,13)14/h7H,3-6,9H2,1-2H3/t7-/m0/s1. The van der Waals surface area contributed by atoms with E-state index in [-0.39, 0.29) is 5.91 Å². The van der Waals surface area contributed by atoms with Crippen LogP contribution in [-0.4, -0.2) is 62.0 Å². The number of nitrogens with zero attached hydrogens (tertiary/aromatic N) is 2. The van der Waals surface area contributed by atoms with Crippen LogP contribution in [0.3, 0.4) is 0 Å². The molecule has 1 aliphatic heterocycles. The number of carbonyl (C=O) groups excluding carboxylic acids is 1. The average Bonchev–Trinajstić information content (AvgIpc) is 2.15. The van der Waals surface area contributed by atoms with Gasteiger partial charge in [-0.05, 0) is 6.92 Å². The van der Waals surface area contributed by atoms with Gasteiger partial charge in [0, 0.05) is 26.2 Å². The summed E-state index contributed by atoms with van der Waals surface area (Å²) in [5, 5.41) is 0. The Labute approximate surface area is 90.1 Å². The number of hydrogen-bond acceptors (Lipinski definition) is 4. The van der Waals surface area contributed by atoms with Crippen LogP contribution < -0.4 is 5.73 Å². The second-order valence-electron chi connectivity index (χ2n) is 3.78. The fourth-order valence-electron chi connectivity index (χ4n) is 1.53. The molecule has 1 fully saturated rings. The third-order valence-corrected chi connectivity index (χ3v) is 3.71. The molecule has 1 saturated heterocycles. The number of amides is 1. The molecular weight excluding hydrogens is 218 g/mol. The molecular formula is C8H17N3O3S. The number of sulfonamides is 1. The molecule has 15 heavy (non-hydrogen) atoms. The highest BCUT2D eigenvalue weighted by molar-refractivity contribution is 7.88. The van der Waals surface area contributed by atoms with Crippen LogP contribution in [-0.2, 0) is 14.8 Å². The van der Waals surface area contributed by atoms with Crippen molar-refractivity contribution in [2.24, 2.45) is 5.73 Å². The predicted molar refractivity (Wildman–Crippen MR) is 56.6 cm³/mol. The van der Waals surface area contributed by atoms with Crippen LogP contribution in [0.25, 0.3) is 0 Å². The van der Waals surface area contributed by atoms with E-state index in [1.54, 1.807) is 11.8 Å². The topological polar surface area (TPSA) is 83.7 Å². The summed E-state index contributed by atoms with van der Waals surface area (Å²) in [7, 11) is -3.13. The lowest BCUT2D eigenvalue weighted by Crippen LogP contribution is -2.53. The molecule has 0 saturated carbocycles. The minimum atomic E-state index is -3.13. The largest absolute Gasteiger partial charge is 0.339 e. The smallest absolute Gasteiger partial charge is 0.239 e. The van der Waals surface area contributed by atoms with Gasteiger partial charge in [0.05, 0.1) is 12.3 Å². The lowest BCUT2D eigenvalue weighted by Gasteiger charge is -2.34. The molecule has 1 atom stereocenters. The number of carbonyl (C=O) groups is 1. The van der Waals surface area contributed by atoms with Crippen molar-refractivity contribution >= 4 is 15.9 Å². The van der Waals surface area contributed by atoms with Gasteiger partial charge in [0.1, 0.15) is 0 Å². The summed E-state index contributed by atoms with van der Waals surface area (Å²) in [5.74, 6) is -0.122. The van der Waals surface area contributed by atoms with Crippen LogP contribution >= 0.6 is 0 Å². The van der Waals surface area contributed by atoms with Crippen LogP contribution in [0, 0.1) is 0 Å². The molecule has 0 aliphatic carbocycles. The minimum Gasteiger partial charge on any atom is -0.339 e. The Balaban J connectivity index is 2.53. The van der Waals surface area contributed by atoms with Crippen LogP contribution in [0.1, 0.15) is 6.92 Å². The fourth-order valence-corrected chi connectivity index (χ4v) is 2.35. The highest BCUT2D eigenvalue weighted by Gasteiger charge is 2.26. The fraction of sp³-hybridized carbons (Fsp3) is 0.875. The molecule has 1 aliphatic rings. The minimum absolute atomic E-state index is 0.122. The molecule has 1 rings (SSSR count). The zero-order chi connectivity index (χ0) is 11.6. The van der Waals surface area contributed by atoms with Gasteiger partial charge in [-0.1, -0.05) is 0 Å². The molecule has 0 unspecified atom stereocenters. The number of hydrogen-bond donors (Lipinski definition) is 1. The average molecular weight is 235 g/mol. The van der Waals surface area contributed by atoms with Crippen LogP contribution in [0.5, 0.6) is 0 Å². The summed E-state index contributed by atoms with van der Waals surface area (Å²) >= 11 is 0. The Morgan fingerprint density at radius 3 is 2.07 bits per heavy atom. The Morgan fingerprint density at radius 2 is 1.73 bits per heavy atom. The second kappa shape index (κ2) is 4.46. The summed E-state index contributed by atoms with van der Waals surface area (Å²) in [4.78, 5) is 13.1. The first-order chi connectivity index (χ1) is 6.82. The molecule has 88 valence electrons. The Hall–Kier alpha value is -0.660. The van der Waals surface area contributed by atoms with Crippen LogP contribution in [0.2, 0.25) is 0 Å². The quantitative estimate of drug-likeness (QED) is 0.627. The molecule has 0 aromatic heterocycles.